The van der Waals surface area contributed by atoms with Crippen LogP contribution >= 0.6 is 0 Å². The first-order valence-corrected chi connectivity index (χ1v) is 7.19. The second-order valence-electron chi connectivity index (χ2n) is 7.56. The summed E-state index contributed by atoms with van der Waals surface area (Å²) in [6.45, 7) is 16.3. The lowest BCUT2D eigenvalue weighted by molar-refractivity contribution is -0.0939. The third-order valence-electron chi connectivity index (χ3n) is 4.08. The molecule has 0 spiro atoms. The molecular weight excluding hydrogens is 208 g/mol. The van der Waals surface area contributed by atoms with Crippen LogP contribution < -0.4 is 5.43 Å². The van der Waals surface area contributed by atoms with Crippen LogP contribution in [0.25, 0.3) is 0 Å². The van der Waals surface area contributed by atoms with E-state index in [2.05, 4.69) is 58.9 Å². The van der Waals surface area contributed by atoms with Gasteiger partial charge in [0.1, 0.15) is 0 Å². The van der Waals surface area contributed by atoms with Crippen molar-refractivity contribution in [3.8, 4) is 0 Å². The average molecular weight is 240 g/mol. The Hall–Kier alpha value is -0.0800. The van der Waals surface area contributed by atoms with E-state index >= 15 is 0 Å². The third-order valence-corrected chi connectivity index (χ3v) is 4.08. The Bertz CT molecular complexity index is 238. The van der Waals surface area contributed by atoms with Crippen molar-refractivity contribution < 1.29 is 0 Å². The van der Waals surface area contributed by atoms with Crippen molar-refractivity contribution in [3.63, 3.8) is 0 Å². The minimum atomic E-state index is 0.195. The highest BCUT2D eigenvalue weighted by Gasteiger charge is 2.43. The van der Waals surface area contributed by atoms with Gasteiger partial charge in [-0.15, -0.1) is 0 Å². The molecule has 0 saturated carbocycles. The molecule has 0 radical (unpaired) electrons. The fourth-order valence-corrected chi connectivity index (χ4v) is 3.28. The van der Waals surface area contributed by atoms with Gasteiger partial charge in [-0.25, -0.2) is 10.4 Å². The summed E-state index contributed by atoms with van der Waals surface area (Å²) >= 11 is 0. The predicted molar refractivity (Wildman–Crippen MR) is 76.0 cm³/mol. The van der Waals surface area contributed by atoms with Crippen LogP contribution in [0.1, 0.15) is 80.6 Å². The molecular formula is C15H32N2. The predicted octanol–water partition coefficient (Wildman–Crippen LogP) is 4.11. The van der Waals surface area contributed by atoms with Crippen LogP contribution in [0.4, 0.5) is 0 Å². The number of hydrogen-bond acceptors (Lipinski definition) is 2. The van der Waals surface area contributed by atoms with Crippen LogP contribution in [0.2, 0.25) is 0 Å². The lowest BCUT2D eigenvalue weighted by Crippen LogP contribution is -2.68. The van der Waals surface area contributed by atoms with E-state index in [1.165, 1.54) is 32.1 Å². The average Bonchev–Trinajstić information content (AvgIpc) is 2.11. The Balaban J connectivity index is 2.83. The molecule has 0 atom stereocenters. The van der Waals surface area contributed by atoms with Crippen molar-refractivity contribution in [3.05, 3.63) is 0 Å². The van der Waals surface area contributed by atoms with E-state index in [0.29, 0.717) is 0 Å². The monoisotopic (exact) mass is 240 g/mol. The fraction of sp³-hybridized carbons (Fsp3) is 1.00. The molecule has 0 bridgehead atoms. The van der Waals surface area contributed by atoms with Crippen LogP contribution in [-0.2, 0) is 0 Å². The van der Waals surface area contributed by atoms with Gasteiger partial charge in [-0.05, 0) is 67.2 Å². The summed E-state index contributed by atoms with van der Waals surface area (Å²) in [6.07, 6.45) is 6.36. The second-order valence-corrected chi connectivity index (χ2v) is 7.56. The van der Waals surface area contributed by atoms with Crippen LogP contribution in [0, 0.1) is 0 Å². The van der Waals surface area contributed by atoms with Crippen LogP contribution in [0.5, 0.6) is 0 Å². The summed E-state index contributed by atoms with van der Waals surface area (Å²) in [5.41, 5.74) is 4.52. The maximum absolute atomic E-state index is 3.81. The van der Waals surface area contributed by atoms with E-state index in [-0.39, 0.29) is 16.6 Å². The van der Waals surface area contributed by atoms with Crippen molar-refractivity contribution >= 4 is 0 Å². The Kier molecular flexibility index (Phi) is 4.31. The van der Waals surface area contributed by atoms with Gasteiger partial charge in [0.05, 0.1) is 0 Å². The molecule has 17 heavy (non-hydrogen) atoms. The number of rotatable bonds is 4. The lowest BCUT2D eigenvalue weighted by Gasteiger charge is -2.55. The second kappa shape index (κ2) is 4.89. The van der Waals surface area contributed by atoms with Gasteiger partial charge < -0.3 is 0 Å². The number of nitrogens with zero attached hydrogens (tertiary/aromatic N) is 1. The zero-order valence-electron chi connectivity index (χ0n) is 13.0. The van der Waals surface area contributed by atoms with Gasteiger partial charge in [0.15, 0.2) is 0 Å². The van der Waals surface area contributed by atoms with Crippen LogP contribution in [0.15, 0.2) is 0 Å². The molecule has 1 heterocycles. The van der Waals surface area contributed by atoms with Gasteiger partial charge in [-0.3, -0.25) is 0 Å². The Morgan fingerprint density at radius 1 is 1.06 bits per heavy atom. The minimum Gasteiger partial charge on any atom is -0.249 e. The zero-order valence-corrected chi connectivity index (χ0v) is 13.0. The van der Waals surface area contributed by atoms with Crippen molar-refractivity contribution in [2.24, 2.45) is 0 Å². The van der Waals surface area contributed by atoms with Gasteiger partial charge in [0, 0.05) is 16.6 Å². The third kappa shape index (κ3) is 3.69. The molecule has 2 nitrogen and oxygen atoms in total. The minimum absolute atomic E-state index is 0.195. The van der Waals surface area contributed by atoms with Gasteiger partial charge in [0.2, 0.25) is 0 Å². The van der Waals surface area contributed by atoms with Gasteiger partial charge in [-0.1, -0.05) is 13.3 Å². The molecule has 0 amide bonds. The smallest absolute Gasteiger partial charge is 0.0304 e. The molecule has 1 rings (SSSR count). The maximum atomic E-state index is 3.81. The molecule has 2 heteroatoms. The molecule has 1 N–H and O–H groups in total. The molecule has 0 aromatic carbocycles. The number of piperidine rings is 1. The summed E-state index contributed by atoms with van der Waals surface area (Å²) in [6, 6.07) is 0. The standard InChI is InChI=1S/C15H32N2/c1-8-10-13(2,3)16-17-14(4,5)11-9-12-15(17,6)7/h16H,8-12H2,1-7H3. The summed E-state index contributed by atoms with van der Waals surface area (Å²) in [5.74, 6) is 0. The zero-order chi connectivity index (χ0) is 13.3. The van der Waals surface area contributed by atoms with Crippen molar-refractivity contribution in [1.29, 1.82) is 0 Å². The highest BCUT2D eigenvalue weighted by Crippen LogP contribution is 2.37. The Morgan fingerprint density at radius 3 is 1.94 bits per heavy atom. The molecule has 0 aromatic rings. The molecule has 1 aliphatic heterocycles. The maximum Gasteiger partial charge on any atom is 0.0304 e. The van der Waals surface area contributed by atoms with E-state index in [4.69, 9.17) is 0 Å². The van der Waals surface area contributed by atoms with Gasteiger partial charge in [0.25, 0.3) is 0 Å². The summed E-state index contributed by atoms with van der Waals surface area (Å²) in [5, 5.41) is 2.53. The summed E-state index contributed by atoms with van der Waals surface area (Å²) < 4.78 is 0. The number of hydrogen-bond donors (Lipinski definition) is 1. The molecule has 0 unspecified atom stereocenters. The van der Waals surface area contributed by atoms with Crippen LogP contribution in [0.3, 0.4) is 0 Å². The van der Waals surface area contributed by atoms with E-state index in [1.807, 2.05) is 0 Å². The molecule has 1 saturated heterocycles. The van der Waals surface area contributed by atoms with E-state index < -0.39 is 0 Å². The highest BCUT2D eigenvalue weighted by molar-refractivity contribution is 4.96. The van der Waals surface area contributed by atoms with E-state index in [0.717, 1.165) is 0 Å². The van der Waals surface area contributed by atoms with Gasteiger partial charge >= 0.3 is 0 Å². The summed E-state index contributed by atoms with van der Waals surface area (Å²) in [7, 11) is 0. The van der Waals surface area contributed by atoms with Crippen molar-refractivity contribution in [2.45, 2.75) is 97.2 Å². The SMILES string of the molecule is CCCC(C)(C)NN1C(C)(C)CCCC1(C)C. The Labute approximate surface area is 108 Å². The first kappa shape index (κ1) is 15.0. The molecule has 0 aromatic heterocycles. The molecule has 0 aliphatic carbocycles. The van der Waals surface area contributed by atoms with Crippen molar-refractivity contribution in [1.82, 2.24) is 10.4 Å². The number of hydrazine groups is 1. The normalized spacial score (nSPS) is 24.9. The molecule has 102 valence electrons. The lowest BCUT2D eigenvalue weighted by atomic mass is 9.81. The largest absolute Gasteiger partial charge is 0.249 e. The fourth-order valence-electron chi connectivity index (χ4n) is 3.28. The van der Waals surface area contributed by atoms with Crippen molar-refractivity contribution in [2.75, 3.05) is 0 Å². The topological polar surface area (TPSA) is 15.3 Å². The Morgan fingerprint density at radius 2 is 1.53 bits per heavy atom. The molecule has 1 fully saturated rings. The van der Waals surface area contributed by atoms with E-state index in [1.54, 1.807) is 0 Å². The number of nitrogens with one attached hydrogen (secondary N) is 1. The summed E-state index contributed by atoms with van der Waals surface area (Å²) in [4.78, 5) is 0. The first-order chi connectivity index (χ1) is 7.61. The van der Waals surface area contributed by atoms with Gasteiger partial charge in [-0.2, -0.15) is 0 Å². The quantitative estimate of drug-likeness (QED) is 0.795. The van der Waals surface area contributed by atoms with Crippen LogP contribution in [-0.4, -0.2) is 21.6 Å². The first-order valence-electron chi connectivity index (χ1n) is 7.19. The highest BCUT2D eigenvalue weighted by atomic mass is 15.6. The molecule has 1 aliphatic rings. The van der Waals surface area contributed by atoms with E-state index in [9.17, 15) is 0 Å².